The van der Waals surface area contributed by atoms with E-state index in [0.29, 0.717) is 41.1 Å². The minimum absolute atomic E-state index is 0.0345. The Labute approximate surface area is 166 Å². The van der Waals surface area contributed by atoms with E-state index in [2.05, 4.69) is 5.16 Å². The van der Waals surface area contributed by atoms with Crippen molar-refractivity contribution in [3.63, 3.8) is 0 Å². The number of carbonyl (C=O) groups is 1. The summed E-state index contributed by atoms with van der Waals surface area (Å²) in [4.78, 5) is 19.5. The molecule has 3 heterocycles. The van der Waals surface area contributed by atoms with E-state index in [1.165, 1.54) is 11.3 Å². The Morgan fingerprint density at radius 2 is 2.11 bits per heavy atom. The first kappa shape index (κ1) is 18.7. The number of thiazole rings is 1. The molecule has 3 aromatic rings. The van der Waals surface area contributed by atoms with E-state index in [4.69, 9.17) is 23.7 Å². The number of ether oxygens (including phenoxy) is 3. The van der Waals surface area contributed by atoms with Gasteiger partial charge in [0.2, 0.25) is 0 Å². The number of rotatable bonds is 6. The van der Waals surface area contributed by atoms with Gasteiger partial charge in [0.1, 0.15) is 27.5 Å². The van der Waals surface area contributed by atoms with Gasteiger partial charge in [0.15, 0.2) is 10.8 Å². The van der Waals surface area contributed by atoms with Crippen molar-refractivity contribution in [2.24, 2.45) is 0 Å². The van der Waals surface area contributed by atoms with Crippen LogP contribution in [0, 0.1) is 6.92 Å². The molecule has 4 rings (SSSR count). The molecule has 1 aliphatic rings. The molecule has 8 nitrogen and oxygen atoms in total. The molecule has 0 spiro atoms. The lowest BCUT2D eigenvalue weighted by atomic mass is 10.2. The highest BCUT2D eigenvalue weighted by Crippen LogP contribution is 2.40. The summed E-state index contributed by atoms with van der Waals surface area (Å²) in [5.41, 5.74) is 0.900. The number of aromatic nitrogens is 2. The van der Waals surface area contributed by atoms with Crippen LogP contribution in [0.25, 0.3) is 10.2 Å². The lowest BCUT2D eigenvalue weighted by Crippen LogP contribution is -2.37. The van der Waals surface area contributed by atoms with Gasteiger partial charge in [-0.05, 0) is 31.9 Å². The number of methoxy groups -OCH3 is 2. The molecule has 0 saturated carbocycles. The van der Waals surface area contributed by atoms with Crippen molar-refractivity contribution in [1.29, 1.82) is 0 Å². The topological polar surface area (TPSA) is 86.9 Å². The zero-order valence-electron chi connectivity index (χ0n) is 15.9. The maximum absolute atomic E-state index is 13.2. The third kappa shape index (κ3) is 3.43. The molecule has 1 saturated heterocycles. The molecule has 0 radical (unpaired) electrons. The van der Waals surface area contributed by atoms with E-state index < -0.39 is 0 Å². The van der Waals surface area contributed by atoms with Crippen molar-refractivity contribution in [3.8, 4) is 11.5 Å². The van der Waals surface area contributed by atoms with Gasteiger partial charge in [0.25, 0.3) is 5.91 Å². The predicted molar refractivity (Wildman–Crippen MR) is 105 cm³/mol. The molecule has 0 unspecified atom stereocenters. The maximum atomic E-state index is 13.2. The van der Waals surface area contributed by atoms with E-state index in [-0.39, 0.29) is 17.7 Å². The Bertz CT molecular complexity index is 952. The molecule has 0 N–H and O–H groups in total. The van der Waals surface area contributed by atoms with Crippen molar-refractivity contribution in [3.05, 3.63) is 29.7 Å². The first-order chi connectivity index (χ1) is 13.6. The van der Waals surface area contributed by atoms with E-state index in [9.17, 15) is 4.79 Å². The molecule has 0 bridgehead atoms. The minimum Gasteiger partial charge on any atom is -0.495 e. The van der Waals surface area contributed by atoms with Crippen molar-refractivity contribution < 1.29 is 23.5 Å². The van der Waals surface area contributed by atoms with Crippen LogP contribution in [0.1, 0.15) is 29.1 Å². The monoisotopic (exact) mass is 403 g/mol. The van der Waals surface area contributed by atoms with E-state index in [1.54, 1.807) is 38.2 Å². The first-order valence-electron chi connectivity index (χ1n) is 8.99. The standard InChI is InChI=1S/C19H21N3O5S/c1-11-9-13(21-27-11)18(23)22(10-12-5-4-8-26-12)19-20-16-14(24-2)6-7-15(25-3)17(16)28-19/h6-7,9,12H,4-5,8,10H2,1-3H3/t12-/m1/s1. The average molecular weight is 403 g/mol. The molecular formula is C19H21N3O5S. The van der Waals surface area contributed by atoms with E-state index in [0.717, 1.165) is 17.5 Å². The van der Waals surface area contributed by atoms with Gasteiger partial charge >= 0.3 is 0 Å². The van der Waals surface area contributed by atoms with Gasteiger partial charge in [-0.3, -0.25) is 9.69 Å². The van der Waals surface area contributed by atoms with Crippen molar-refractivity contribution in [1.82, 2.24) is 10.1 Å². The molecule has 0 aliphatic carbocycles. The number of fused-ring (bicyclic) bond motifs is 1. The summed E-state index contributed by atoms with van der Waals surface area (Å²) in [6, 6.07) is 5.26. The number of anilines is 1. The minimum atomic E-state index is -0.274. The van der Waals surface area contributed by atoms with Gasteiger partial charge in [-0.25, -0.2) is 4.98 Å². The molecule has 1 amide bonds. The molecule has 28 heavy (non-hydrogen) atoms. The van der Waals surface area contributed by atoms with Crippen molar-refractivity contribution >= 4 is 32.6 Å². The summed E-state index contributed by atoms with van der Waals surface area (Å²) in [5.74, 6) is 1.61. The number of hydrogen-bond acceptors (Lipinski definition) is 8. The summed E-state index contributed by atoms with van der Waals surface area (Å²) in [7, 11) is 3.20. The third-order valence-corrected chi connectivity index (χ3v) is 5.73. The molecule has 1 fully saturated rings. The first-order valence-corrected chi connectivity index (χ1v) is 9.80. The maximum Gasteiger partial charge on any atom is 0.282 e. The van der Waals surface area contributed by atoms with Crippen LogP contribution in [0.4, 0.5) is 5.13 Å². The summed E-state index contributed by atoms with van der Waals surface area (Å²) < 4.78 is 22.6. The highest BCUT2D eigenvalue weighted by atomic mass is 32.1. The molecule has 148 valence electrons. The molecule has 1 atom stereocenters. The lowest BCUT2D eigenvalue weighted by Gasteiger charge is -2.21. The lowest BCUT2D eigenvalue weighted by molar-refractivity contribution is 0.0910. The smallest absolute Gasteiger partial charge is 0.282 e. The zero-order chi connectivity index (χ0) is 19.7. The van der Waals surface area contributed by atoms with Crippen LogP contribution in [0.15, 0.2) is 22.7 Å². The molecule has 9 heteroatoms. The van der Waals surface area contributed by atoms with Crippen LogP contribution < -0.4 is 14.4 Å². The fraction of sp³-hybridized carbons (Fsp3) is 0.421. The number of hydrogen-bond donors (Lipinski definition) is 0. The summed E-state index contributed by atoms with van der Waals surface area (Å²) in [5, 5.41) is 4.42. The number of benzene rings is 1. The normalized spacial score (nSPS) is 16.5. The molecule has 1 aliphatic heterocycles. The average Bonchev–Trinajstić information content (AvgIpc) is 3.45. The number of carbonyl (C=O) groups excluding carboxylic acids is 1. The Morgan fingerprint density at radius 3 is 2.75 bits per heavy atom. The van der Waals surface area contributed by atoms with Crippen LogP contribution in [-0.4, -0.2) is 49.5 Å². The van der Waals surface area contributed by atoms with Gasteiger partial charge in [-0.1, -0.05) is 16.5 Å². The summed E-state index contributed by atoms with van der Waals surface area (Å²) in [6.45, 7) is 2.86. The summed E-state index contributed by atoms with van der Waals surface area (Å²) in [6.07, 6.45) is 1.85. The Balaban J connectivity index is 1.77. The Morgan fingerprint density at radius 1 is 1.32 bits per heavy atom. The second-order valence-corrected chi connectivity index (χ2v) is 7.50. The van der Waals surface area contributed by atoms with Crippen LogP contribution in [0.2, 0.25) is 0 Å². The third-order valence-electron chi connectivity index (χ3n) is 4.63. The Kier molecular flexibility index (Phi) is 5.19. The van der Waals surface area contributed by atoms with E-state index in [1.807, 2.05) is 6.07 Å². The fourth-order valence-corrected chi connectivity index (χ4v) is 4.32. The van der Waals surface area contributed by atoms with Crippen LogP contribution >= 0.6 is 11.3 Å². The van der Waals surface area contributed by atoms with Crippen LogP contribution in [0.3, 0.4) is 0 Å². The van der Waals surface area contributed by atoms with Gasteiger partial charge in [0, 0.05) is 12.7 Å². The predicted octanol–water partition coefficient (Wildman–Crippen LogP) is 3.44. The highest BCUT2D eigenvalue weighted by Gasteiger charge is 2.29. The second-order valence-electron chi connectivity index (χ2n) is 6.52. The van der Waals surface area contributed by atoms with Crippen LogP contribution in [-0.2, 0) is 4.74 Å². The van der Waals surface area contributed by atoms with Crippen LogP contribution in [0.5, 0.6) is 11.5 Å². The molecule has 2 aromatic heterocycles. The van der Waals surface area contributed by atoms with Gasteiger partial charge in [0.05, 0.1) is 26.9 Å². The fourth-order valence-electron chi connectivity index (χ4n) is 3.24. The van der Waals surface area contributed by atoms with Gasteiger partial charge < -0.3 is 18.7 Å². The quantitative estimate of drug-likeness (QED) is 0.623. The molecular weight excluding hydrogens is 382 g/mol. The second kappa shape index (κ2) is 7.76. The summed E-state index contributed by atoms with van der Waals surface area (Å²) >= 11 is 1.37. The van der Waals surface area contributed by atoms with Crippen molar-refractivity contribution in [2.45, 2.75) is 25.9 Å². The molecule has 1 aromatic carbocycles. The Hall–Kier alpha value is -2.65. The number of amides is 1. The SMILES string of the molecule is COc1ccc(OC)c2sc(N(C[C@H]3CCCO3)C(=O)c3cc(C)on3)nc12. The van der Waals surface area contributed by atoms with Gasteiger partial charge in [-0.15, -0.1) is 0 Å². The van der Waals surface area contributed by atoms with E-state index >= 15 is 0 Å². The van der Waals surface area contributed by atoms with Gasteiger partial charge in [-0.2, -0.15) is 0 Å². The number of aryl methyl sites for hydroxylation is 1. The number of nitrogens with zero attached hydrogens (tertiary/aromatic N) is 3. The highest BCUT2D eigenvalue weighted by molar-refractivity contribution is 7.22. The van der Waals surface area contributed by atoms with Crippen molar-refractivity contribution in [2.75, 3.05) is 32.3 Å². The largest absolute Gasteiger partial charge is 0.495 e. The zero-order valence-corrected chi connectivity index (χ0v) is 16.7.